The monoisotopic (exact) mass is 443 g/mol. The zero-order valence-electron chi connectivity index (χ0n) is 16.9. The van der Waals surface area contributed by atoms with E-state index in [9.17, 15) is 18.0 Å². The van der Waals surface area contributed by atoms with Gasteiger partial charge in [0.1, 0.15) is 0 Å². The van der Waals surface area contributed by atoms with E-state index in [-0.39, 0.29) is 22.5 Å². The van der Waals surface area contributed by atoms with Crippen molar-refractivity contribution in [3.63, 3.8) is 0 Å². The highest BCUT2D eigenvalue weighted by Crippen LogP contribution is 2.17. The number of nitrogens with one attached hydrogen (secondary N) is 4. The van der Waals surface area contributed by atoms with Crippen molar-refractivity contribution < 1.29 is 13.2 Å². The molecule has 0 atom stereocenters. The molecular formula is C21H25N5O4S. The van der Waals surface area contributed by atoms with Crippen LogP contribution in [0.1, 0.15) is 19.3 Å². The van der Waals surface area contributed by atoms with Gasteiger partial charge in [0.2, 0.25) is 15.9 Å². The quantitative estimate of drug-likeness (QED) is 0.441. The lowest BCUT2D eigenvalue weighted by Crippen LogP contribution is -2.45. The Hall–Kier alpha value is -2.95. The fraction of sp³-hybridized carbons (Fsp3) is 0.333. The molecule has 2 aromatic carbocycles. The largest absolute Gasteiger partial charge is 0.326 e. The van der Waals surface area contributed by atoms with Crippen molar-refractivity contribution in [2.24, 2.45) is 0 Å². The Balaban J connectivity index is 1.22. The second-order valence-corrected chi connectivity index (χ2v) is 9.40. The number of piperidine rings is 1. The van der Waals surface area contributed by atoms with Gasteiger partial charge in [-0.3, -0.25) is 4.79 Å². The van der Waals surface area contributed by atoms with Crippen molar-refractivity contribution in [3.8, 4) is 0 Å². The van der Waals surface area contributed by atoms with Gasteiger partial charge in [0.25, 0.3) is 0 Å². The van der Waals surface area contributed by atoms with E-state index in [1.807, 2.05) is 0 Å². The van der Waals surface area contributed by atoms with Crippen LogP contribution in [0, 0.1) is 0 Å². The lowest BCUT2D eigenvalue weighted by Gasteiger charge is -2.32. The fourth-order valence-corrected chi connectivity index (χ4v) is 5.08. The second kappa shape index (κ2) is 9.04. The molecule has 1 amide bonds. The van der Waals surface area contributed by atoms with E-state index >= 15 is 0 Å². The number of carbonyl (C=O) groups excluding carboxylic acids is 1. The Morgan fingerprint density at radius 3 is 2.48 bits per heavy atom. The molecule has 1 aliphatic heterocycles. The summed E-state index contributed by atoms with van der Waals surface area (Å²) in [6.07, 6.45) is 1.73. The molecule has 1 aliphatic rings. The maximum Gasteiger partial charge on any atom is 0.323 e. The molecule has 2 heterocycles. The lowest BCUT2D eigenvalue weighted by atomic mass is 10.1. The van der Waals surface area contributed by atoms with Crippen LogP contribution in [0.15, 0.2) is 58.2 Å². The van der Waals surface area contributed by atoms with Gasteiger partial charge in [-0.1, -0.05) is 18.2 Å². The molecular weight excluding hydrogens is 418 g/mol. The number of imidazole rings is 1. The van der Waals surface area contributed by atoms with E-state index in [4.69, 9.17) is 0 Å². The Morgan fingerprint density at radius 2 is 1.74 bits per heavy atom. The number of likely N-dealkylation sites (tertiary alicyclic amines) is 1. The summed E-state index contributed by atoms with van der Waals surface area (Å²) in [6.45, 7) is 2.06. The molecule has 1 fully saturated rings. The van der Waals surface area contributed by atoms with Gasteiger partial charge < -0.3 is 20.2 Å². The molecule has 164 valence electrons. The van der Waals surface area contributed by atoms with Crippen molar-refractivity contribution >= 4 is 32.7 Å². The number of hydrogen-bond donors (Lipinski definition) is 4. The number of fused-ring (bicyclic) bond motifs is 1. The summed E-state index contributed by atoms with van der Waals surface area (Å²) < 4.78 is 27.7. The third kappa shape index (κ3) is 5.40. The van der Waals surface area contributed by atoms with Crippen molar-refractivity contribution in [1.29, 1.82) is 0 Å². The number of aromatic nitrogens is 2. The average Bonchev–Trinajstić information content (AvgIpc) is 3.13. The molecule has 0 radical (unpaired) electrons. The Bertz CT molecular complexity index is 1210. The molecule has 4 rings (SSSR count). The third-order valence-electron chi connectivity index (χ3n) is 5.42. The van der Waals surface area contributed by atoms with Gasteiger partial charge in [-0.05, 0) is 56.3 Å². The van der Waals surface area contributed by atoms with E-state index in [2.05, 4.69) is 24.9 Å². The van der Waals surface area contributed by atoms with E-state index in [0.29, 0.717) is 42.5 Å². The highest BCUT2D eigenvalue weighted by atomic mass is 32.2. The predicted molar refractivity (Wildman–Crippen MR) is 118 cm³/mol. The van der Waals surface area contributed by atoms with E-state index in [0.717, 1.165) is 13.1 Å². The number of sulfonamides is 1. The van der Waals surface area contributed by atoms with Gasteiger partial charge in [-0.25, -0.2) is 17.9 Å². The van der Waals surface area contributed by atoms with Gasteiger partial charge in [-0.15, -0.1) is 0 Å². The van der Waals surface area contributed by atoms with Gasteiger partial charge in [0.05, 0.1) is 15.9 Å². The summed E-state index contributed by atoms with van der Waals surface area (Å²) in [6, 6.07) is 13.5. The van der Waals surface area contributed by atoms with Crippen molar-refractivity contribution in [3.05, 3.63) is 59.0 Å². The summed E-state index contributed by atoms with van der Waals surface area (Å²) in [5, 5.41) is 2.85. The SMILES string of the molecule is O=C(CCN1CCC(NS(=O)(=O)c2ccccc2)CC1)Nc1ccc2[nH]c(=O)[nH]c2c1. The Kier molecular flexibility index (Phi) is 6.21. The van der Waals surface area contributed by atoms with Gasteiger partial charge >= 0.3 is 5.69 Å². The van der Waals surface area contributed by atoms with Crippen LogP contribution in [0.25, 0.3) is 11.0 Å². The van der Waals surface area contributed by atoms with Crippen molar-refractivity contribution in [2.75, 3.05) is 25.0 Å². The maximum absolute atomic E-state index is 12.5. The molecule has 10 heteroatoms. The fourth-order valence-electron chi connectivity index (χ4n) is 3.75. The lowest BCUT2D eigenvalue weighted by molar-refractivity contribution is -0.116. The highest BCUT2D eigenvalue weighted by Gasteiger charge is 2.24. The smallest absolute Gasteiger partial charge is 0.323 e. The first kappa shape index (κ1) is 21.3. The second-order valence-electron chi connectivity index (χ2n) is 7.69. The molecule has 3 aromatic rings. The van der Waals surface area contributed by atoms with Gasteiger partial charge in [0.15, 0.2) is 0 Å². The van der Waals surface area contributed by atoms with Crippen LogP contribution in [0.2, 0.25) is 0 Å². The topological polar surface area (TPSA) is 127 Å². The van der Waals surface area contributed by atoms with Crippen LogP contribution >= 0.6 is 0 Å². The minimum absolute atomic E-state index is 0.106. The molecule has 0 saturated carbocycles. The number of amides is 1. The van der Waals surface area contributed by atoms with Crippen LogP contribution < -0.4 is 15.7 Å². The van der Waals surface area contributed by atoms with Crippen molar-refractivity contribution in [1.82, 2.24) is 19.6 Å². The van der Waals surface area contributed by atoms with Crippen LogP contribution in [-0.2, 0) is 14.8 Å². The molecule has 0 unspecified atom stereocenters. The van der Waals surface area contributed by atoms with Gasteiger partial charge in [-0.2, -0.15) is 0 Å². The molecule has 1 saturated heterocycles. The van der Waals surface area contributed by atoms with E-state index < -0.39 is 10.0 Å². The van der Waals surface area contributed by atoms with Crippen LogP contribution in [0.5, 0.6) is 0 Å². The number of H-pyrrole nitrogens is 2. The predicted octanol–water partition coefficient (Wildman–Crippen LogP) is 1.63. The van der Waals surface area contributed by atoms with Gasteiger partial charge in [0, 0.05) is 24.7 Å². The normalized spacial score (nSPS) is 15.9. The summed E-state index contributed by atoms with van der Waals surface area (Å²) in [5.41, 5.74) is 1.67. The number of aromatic amines is 2. The first-order valence-corrected chi connectivity index (χ1v) is 11.7. The van der Waals surface area contributed by atoms with E-state index in [1.54, 1.807) is 48.5 Å². The summed E-state index contributed by atoms with van der Waals surface area (Å²) in [7, 11) is -3.51. The summed E-state index contributed by atoms with van der Waals surface area (Å²) in [5.74, 6) is -0.107. The van der Waals surface area contributed by atoms with E-state index in [1.165, 1.54) is 0 Å². The average molecular weight is 444 g/mol. The third-order valence-corrected chi connectivity index (χ3v) is 6.95. The number of nitrogens with zero attached hydrogens (tertiary/aromatic N) is 1. The standard InChI is InChI=1S/C21H25N5O4S/c27-20(22-16-6-7-18-19(14-16)24-21(28)23-18)10-13-26-11-8-15(9-12-26)25-31(29,30)17-4-2-1-3-5-17/h1-7,14-15,25H,8-13H2,(H,22,27)(H2,23,24,28). The number of benzene rings is 2. The molecule has 1 aromatic heterocycles. The molecule has 0 aliphatic carbocycles. The Labute approximate surface area is 179 Å². The maximum atomic E-state index is 12.5. The summed E-state index contributed by atoms with van der Waals surface area (Å²) in [4.78, 5) is 31.4. The first-order valence-electron chi connectivity index (χ1n) is 10.2. The minimum Gasteiger partial charge on any atom is -0.326 e. The number of anilines is 1. The van der Waals surface area contributed by atoms with Crippen LogP contribution in [0.4, 0.5) is 5.69 Å². The zero-order chi connectivity index (χ0) is 21.8. The first-order chi connectivity index (χ1) is 14.9. The molecule has 0 spiro atoms. The molecule has 31 heavy (non-hydrogen) atoms. The van der Waals surface area contributed by atoms with Crippen molar-refractivity contribution in [2.45, 2.75) is 30.2 Å². The zero-order valence-corrected chi connectivity index (χ0v) is 17.7. The summed E-state index contributed by atoms with van der Waals surface area (Å²) >= 11 is 0. The molecule has 9 nitrogen and oxygen atoms in total. The number of rotatable bonds is 7. The van der Waals surface area contributed by atoms with Crippen LogP contribution in [-0.4, -0.2) is 54.9 Å². The van der Waals surface area contributed by atoms with Crippen LogP contribution in [0.3, 0.4) is 0 Å². The highest BCUT2D eigenvalue weighted by molar-refractivity contribution is 7.89. The molecule has 4 N–H and O–H groups in total. The minimum atomic E-state index is -3.51. The molecule has 0 bridgehead atoms. The Morgan fingerprint density at radius 1 is 1.03 bits per heavy atom. The number of carbonyl (C=O) groups is 1. The number of hydrogen-bond acceptors (Lipinski definition) is 5.